The molecule has 1 atom stereocenters. The standard InChI is InChI=1S/C14H16N2O5S/c1-19-10-6-4-9(5-7-10)12-15-16-14(22-12,13(18)21-3)8-11(17)20-2/h4-7,16H,8H2,1-3H3. The van der Waals surface area contributed by atoms with E-state index in [1.165, 1.54) is 14.2 Å². The second kappa shape index (κ2) is 6.69. The van der Waals surface area contributed by atoms with Crippen LogP contribution in [-0.4, -0.2) is 43.2 Å². The lowest BCUT2D eigenvalue weighted by atomic mass is 10.2. The maximum Gasteiger partial charge on any atom is 0.344 e. The number of hydrazone groups is 1. The number of carbonyl (C=O) groups excluding carboxylic acids is 2. The highest BCUT2D eigenvalue weighted by molar-refractivity contribution is 8.16. The molecule has 1 aliphatic rings. The Hall–Kier alpha value is -2.22. The van der Waals surface area contributed by atoms with Gasteiger partial charge in [-0.15, -0.1) is 0 Å². The number of ether oxygens (including phenoxy) is 3. The molecule has 0 fully saturated rings. The first-order valence-electron chi connectivity index (χ1n) is 6.38. The molecule has 7 nitrogen and oxygen atoms in total. The van der Waals surface area contributed by atoms with Gasteiger partial charge in [0.15, 0.2) is 0 Å². The van der Waals surface area contributed by atoms with Crippen molar-refractivity contribution in [2.45, 2.75) is 11.3 Å². The fourth-order valence-corrected chi connectivity index (χ4v) is 3.01. The Labute approximate surface area is 132 Å². The molecule has 1 aliphatic heterocycles. The van der Waals surface area contributed by atoms with Crippen LogP contribution in [0, 0.1) is 0 Å². The number of hydrogen-bond donors (Lipinski definition) is 1. The molecule has 1 aromatic carbocycles. The van der Waals surface area contributed by atoms with Crippen LogP contribution in [0.25, 0.3) is 0 Å². The summed E-state index contributed by atoms with van der Waals surface area (Å²) >= 11 is 1.12. The summed E-state index contributed by atoms with van der Waals surface area (Å²) in [6.45, 7) is 0. The van der Waals surface area contributed by atoms with Crippen LogP contribution < -0.4 is 10.2 Å². The van der Waals surface area contributed by atoms with Gasteiger partial charge < -0.3 is 14.2 Å². The zero-order valence-electron chi connectivity index (χ0n) is 12.4. The number of hydrogen-bond acceptors (Lipinski definition) is 8. The molecule has 0 spiro atoms. The van der Waals surface area contributed by atoms with Crippen LogP contribution in [0.3, 0.4) is 0 Å². The Bertz CT molecular complexity index is 602. The van der Waals surface area contributed by atoms with Crippen LogP contribution in [0.5, 0.6) is 5.75 Å². The first-order chi connectivity index (χ1) is 10.5. The third-order valence-corrected chi connectivity index (χ3v) is 4.35. The summed E-state index contributed by atoms with van der Waals surface area (Å²) in [5, 5.41) is 4.73. The average Bonchev–Trinajstić information content (AvgIpc) is 2.99. The Balaban J connectivity index is 2.20. The van der Waals surface area contributed by atoms with Gasteiger partial charge in [0, 0.05) is 5.56 Å². The van der Waals surface area contributed by atoms with E-state index < -0.39 is 16.8 Å². The first kappa shape index (κ1) is 16.2. The van der Waals surface area contributed by atoms with Crippen molar-refractivity contribution in [2.75, 3.05) is 21.3 Å². The molecule has 0 saturated heterocycles. The van der Waals surface area contributed by atoms with Gasteiger partial charge in [0.05, 0.1) is 27.8 Å². The number of thioether (sulfide) groups is 1. The average molecular weight is 324 g/mol. The molecule has 0 aromatic heterocycles. The molecular weight excluding hydrogens is 308 g/mol. The van der Waals surface area contributed by atoms with Crippen molar-refractivity contribution in [3.05, 3.63) is 29.8 Å². The first-order valence-corrected chi connectivity index (χ1v) is 7.20. The van der Waals surface area contributed by atoms with Gasteiger partial charge in [-0.2, -0.15) is 5.10 Å². The lowest BCUT2D eigenvalue weighted by Crippen LogP contribution is -2.47. The summed E-state index contributed by atoms with van der Waals surface area (Å²) in [4.78, 5) is 22.3. The summed E-state index contributed by atoms with van der Waals surface area (Å²) in [5.41, 5.74) is 3.51. The number of methoxy groups -OCH3 is 3. The molecule has 1 unspecified atom stereocenters. The fraction of sp³-hybridized carbons (Fsp3) is 0.357. The highest BCUT2D eigenvalue weighted by Gasteiger charge is 2.48. The number of rotatable bonds is 5. The van der Waals surface area contributed by atoms with Gasteiger partial charge in [-0.05, 0) is 24.3 Å². The van der Waals surface area contributed by atoms with Crippen molar-refractivity contribution in [1.29, 1.82) is 0 Å². The molecule has 118 valence electrons. The number of esters is 2. The molecule has 0 saturated carbocycles. The second-order valence-electron chi connectivity index (χ2n) is 4.43. The molecular formula is C14H16N2O5S. The quantitative estimate of drug-likeness (QED) is 0.812. The molecule has 0 aliphatic carbocycles. The highest BCUT2D eigenvalue weighted by atomic mass is 32.2. The number of nitrogens with zero attached hydrogens (tertiary/aromatic N) is 1. The lowest BCUT2D eigenvalue weighted by Gasteiger charge is -2.23. The largest absolute Gasteiger partial charge is 0.497 e. The van der Waals surface area contributed by atoms with Gasteiger partial charge in [-0.1, -0.05) is 11.8 Å². The lowest BCUT2D eigenvalue weighted by molar-refractivity contribution is -0.150. The van der Waals surface area contributed by atoms with E-state index >= 15 is 0 Å². The normalized spacial score (nSPS) is 19.9. The smallest absolute Gasteiger partial charge is 0.344 e. The van der Waals surface area contributed by atoms with Crippen LogP contribution in [0.1, 0.15) is 12.0 Å². The highest BCUT2D eigenvalue weighted by Crippen LogP contribution is 2.36. The van der Waals surface area contributed by atoms with Crippen molar-refractivity contribution >= 4 is 28.7 Å². The Morgan fingerprint density at radius 2 is 1.86 bits per heavy atom. The van der Waals surface area contributed by atoms with Crippen molar-refractivity contribution < 1.29 is 23.8 Å². The van der Waals surface area contributed by atoms with E-state index in [0.29, 0.717) is 10.8 Å². The van der Waals surface area contributed by atoms with Gasteiger partial charge in [-0.25, -0.2) is 4.79 Å². The summed E-state index contributed by atoms with van der Waals surface area (Å²) in [6.07, 6.45) is -0.190. The van der Waals surface area contributed by atoms with E-state index in [1.54, 1.807) is 19.2 Å². The van der Waals surface area contributed by atoms with Crippen molar-refractivity contribution in [2.24, 2.45) is 5.10 Å². The zero-order valence-corrected chi connectivity index (χ0v) is 13.2. The van der Waals surface area contributed by atoms with Crippen molar-refractivity contribution in [1.82, 2.24) is 5.43 Å². The summed E-state index contributed by atoms with van der Waals surface area (Å²) < 4.78 is 14.5. The molecule has 8 heteroatoms. The van der Waals surface area contributed by atoms with Gasteiger partial charge in [-0.3, -0.25) is 10.2 Å². The van der Waals surface area contributed by atoms with Crippen LogP contribution in [0.4, 0.5) is 0 Å². The third-order valence-electron chi connectivity index (χ3n) is 3.08. The van der Waals surface area contributed by atoms with Crippen molar-refractivity contribution in [3.8, 4) is 5.75 Å². The van der Waals surface area contributed by atoms with E-state index in [1.807, 2.05) is 12.1 Å². The second-order valence-corrected chi connectivity index (χ2v) is 5.72. The van der Waals surface area contributed by atoms with E-state index in [0.717, 1.165) is 17.3 Å². The van der Waals surface area contributed by atoms with Crippen LogP contribution >= 0.6 is 11.8 Å². The minimum atomic E-state index is -1.31. The molecule has 0 radical (unpaired) electrons. The molecule has 1 aromatic rings. The summed E-state index contributed by atoms with van der Waals surface area (Å²) in [6, 6.07) is 7.21. The molecule has 1 heterocycles. The zero-order chi connectivity index (χ0) is 16.2. The van der Waals surface area contributed by atoms with E-state index in [2.05, 4.69) is 15.3 Å². The van der Waals surface area contributed by atoms with Gasteiger partial charge >= 0.3 is 11.9 Å². The van der Waals surface area contributed by atoms with Crippen molar-refractivity contribution in [3.63, 3.8) is 0 Å². The predicted molar refractivity (Wildman–Crippen MR) is 81.6 cm³/mol. The van der Waals surface area contributed by atoms with Gasteiger partial charge in [0.2, 0.25) is 4.87 Å². The van der Waals surface area contributed by atoms with E-state index in [9.17, 15) is 9.59 Å². The summed E-state index contributed by atoms with van der Waals surface area (Å²) in [5.74, 6) is -0.402. The maximum atomic E-state index is 12.1. The Morgan fingerprint density at radius 1 is 1.18 bits per heavy atom. The van der Waals surface area contributed by atoms with Crippen LogP contribution in [-0.2, 0) is 19.1 Å². The van der Waals surface area contributed by atoms with Gasteiger partial charge in [0.25, 0.3) is 0 Å². The third kappa shape index (κ3) is 3.16. The fourth-order valence-electron chi connectivity index (χ4n) is 1.88. The SMILES string of the molecule is COC(=O)CC1(C(=O)OC)NN=C(c2ccc(OC)cc2)S1. The minimum absolute atomic E-state index is 0.190. The Morgan fingerprint density at radius 3 is 2.41 bits per heavy atom. The van der Waals surface area contributed by atoms with E-state index in [-0.39, 0.29) is 6.42 Å². The Kier molecular flexibility index (Phi) is 4.92. The predicted octanol–water partition coefficient (Wildman–Crippen LogP) is 1.13. The number of carbonyl (C=O) groups is 2. The molecule has 22 heavy (non-hydrogen) atoms. The topological polar surface area (TPSA) is 86.2 Å². The summed E-state index contributed by atoms with van der Waals surface area (Å²) in [7, 11) is 4.10. The molecule has 0 bridgehead atoms. The molecule has 1 N–H and O–H groups in total. The van der Waals surface area contributed by atoms with Crippen LogP contribution in [0.15, 0.2) is 29.4 Å². The molecule has 2 rings (SSSR count). The number of nitrogens with one attached hydrogen (secondary N) is 1. The van der Waals surface area contributed by atoms with Crippen LogP contribution in [0.2, 0.25) is 0 Å². The van der Waals surface area contributed by atoms with Gasteiger partial charge in [0.1, 0.15) is 10.8 Å². The molecule has 0 amide bonds. The monoisotopic (exact) mass is 324 g/mol. The van der Waals surface area contributed by atoms with E-state index in [4.69, 9.17) is 9.47 Å². The number of benzene rings is 1. The minimum Gasteiger partial charge on any atom is -0.497 e. The maximum absolute atomic E-state index is 12.1.